The van der Waals surface area contributed by atoms with E-state index in [1.54, 1.807) is 24.3 Å². The number of halogens is 2. The summed E-state index contributed by atoms with van der Waals surface area (Å²) in [4.78, 5) is 12.0. The number of benzene rings is 2. The molecule has 18 heavy (non-hydrogen) atoms. The Kier molecular flexibility index (Phi) is 4.23. The molecule has 0 heterocycles. The molecule has 0 saturated heterocycles. The van der Waals surface area contributed by atoms with Gasteiger partial charge in [-0.3, -0.25) is 4.79 Å². The molecule has 0 unspecified atom stereocenters. The quantitative estimate of drug-likeness (QED) is 0.576. The standard InChI is InChI=1S/C13H10BrIN2O/c14-11-7-10(5-6-12(11)15)17-13(18)8-1-3-9(16)4-2-8/h1-7H,16H2,(H,17,18). The van der Waals surface area contributed by atoms with Crippen LogP contribution in [0.15, 0.2) is 46.9 Å². The Bertz CT molecular complexity index is 584. The minimum atomic E-state index is -0.150. The highest BCUT2D eigenvalue weighted by Crippen LogP contribution is 2.23. The fourth-order valence-corrected chi connectivity index (χ4v) is 2.13. The SMILES string of the molecule is Nc1ccc(C(=O)Nc2ccc(I)c(Br)c2)cc1. The van der Waals surface area contributed by atoms with Gasteiger partial charge in [-0.05, 0) is 81.0 Å². The van der Waals surface area contributed by atoms with Gasteiger partial charge in [-0.1, -0.05) is 0 Å². The van der Waals surface area contributed by atoms with E-state index >= 15 is 0 Å². The summed E-state index contributed by atoms with van der Waals surface area (Å²) >= 11 is 5.64. The molecule has 2 aromatic rings. The van der Waals surface area contributed by atoms with Crippen molar-refractivity contribution in [3.05, 3.63) is 56.1 Å². The van der Waals surface area contributed by atoms with Crippen molar-refractivity contribution in [1.82, 2.24) is 0 Å². The van der Waals surface area contributed by atoms with Gasteiger partial charge < -0.3 is 11.1 Å². The van der Waals surface area contributed by atoms with Gasteiger partial charge in [0, 0.05) is 25.0 Å². The van der Waals surface area contributed by atoms with E-state index in [2.05, 4.69) is 43.8 Å². The third kappa shape index (κ3) is 3.23. The lowest BCUT2D eigenvalue weighted by Gasteiger charge is -2.06. The Balaban J connectivity index is 2.16. The molecule has 0 aliphatic rings. The molecule has 0 atom stereocenters. The zero-order valence-electron chi connectivity index (χ0n) is 9.28. The highest BCUT2D eigenvalue weighted by molar-refractivity contribution is 14.1. The molecule has 0 radical (unpaired) electrons. The van der Waals surface area contributed by atoms with Crippen molar-refractivity contribution in [3.8, 4) is 0 Å². The lowest BCUT2D eigenvalue weighted by Crippen LogP contribution is -2.11. The highest BCUT2D eigenvalue weighted by atomic mass is 127. The van der Waals surface area contributed by atoms with Crippen molar-refractivity contribution in [2.24, 2.45) is 0 Å². The lowest BCUT2D eigenvalue weighted by atomic mass is 10.2. The second-order valence-corrected chi connectivity index (χ2v) is 5.72. The van der Waals surface area contributed by atoms with Crippen LogP contribution in [0.4, 0.5) is 11.4 Å². The summed E-state index contributed by atoms with van der Waals surface area (Å²) in [6, 6.07) is 12.5. The molecule has 1 amide bonds. The van der Waals surface area contributed by atoms with Crippen LogP contribution in [0.1, 0.15) is 10.4 Å². The van der Waals surface area contributed by atoms with Crippen molar-refractivity contribution in [1.29, 1.82) is 0 Å². The molecule has 5 heteroatoms. The van der Waals surface area contributed by atoms with E-state index in [0.717, 1.165) is 13.7 Å². The Morgan fingerprint density at radius 3 is 2.44 bits per heavy atom. The van der Waals surface area contributed by atoms with Gasteiger partial charge in [0.1, 0.15) is 0 Å². The van der Waals surface area contributed by atoms with Crippen LogP contribution < -0.4 is 11.1 Å². The summed E-state index contributed by atoms with van der Waals surface area (Å²) in [5.41, 5.74) is 7.56. The number of amides is 1. The minimum Gasteiger partial charge on any atom is -0.399 e. The molecule has 0 saturated carbocycles. The number of nitrogen functional groups attached to an aromatic ring is 1. The van der Waals surface area contributed by atoms with Crippen LogP contribution >= 0.6 is 38.5 Å². The Labute approximate surface area is 127 Å². The molecule has 0 aliphatic heterocycles. The van der Waals surface area contributed by atoms with Gasteiger partial charge in [-0.2, -0.15) is 0 Å². The van der Waals surface area contributed by atoms with E-state index in [1.807, 2.05) is 18.2 Å². The monoisotopic (exact) mass is 416 g/mol. The van der Waals surface area contributed by atoms with Crippen molar-refractivity contribution >= 4 is 55.8 Å². The van der Waals surface area contributed by atoms with Crippen LogP contribution in [0.5, 0.6) is 0 Å². The number of carbonyl (C=O) groups excluding carboxylic acids is 1. The summed E-state index contributed by atoms with van der Waals surface area (Å²) in [6.07, 6.45) is 0. The van der Waals surface area contributed by atoms with Gasteiger partial charge in [0.15, 0.2) is 0 Å². The average molecular weight is 417 g/mol. The molecule has 0 fully saturated rings. The first-order chi connectivity index (χ1) is 8.56. The minimum absolute atomic E-state index is 0.150. The van der Waals surface area contributed by atoms with Gasteiger partial charge in [-0.25, -0.2) is 0 Å². The first kappa shape index (κ1) is 13.4. The Morgan fingerprint density at radius 1 is 1.17 bits per heavy atom. The van der Waals surface area contributed by atoms with Crippen LogP contribution in [-0.4, -0.2) is 5.91 Å². The Morgan fingerprint density at radius 2 is 1.83 bits per heavy atom. The summed E-state index contributed by atoms with van der Waals surface area (Å²) in [5.74, 6) is -0.150. The number of carbonyl (C=O) groups is 1. The number of nitrogens with one attached hydrogen (secondary N) is 1. The van der Waals surface area contributed by atoms with Gasteiger partial charge in [0.2, 0.25) is 0 Å². The number of nitrogens with two attached hydrogens (primary N) is 1. The molecular formula is C13H10BrIN2O. The van der Waals surface area contributed by atoms with E-state index in [9.17, 15) is 4.79 Å². The number of hydrogen-bond acceptors (Lipinski definition) is 2. The first-order valence-corrected chi connectivity index (χ1v) is 7.05. The van der Waals surface area contributed by atoms with Gasteiger partial charge >= 0.3 is 0 Å². The molecular weight excluding hydrogens is 407 g/mol. The summed E-state index contributed by atoms with van der Waals surface area (Å²) in [5, 5.41) is 2.83. The maximum atomic E-state index is 12.0. The van der Waals surface area contributed by atoms with Crippen LogP contribution in [0, 0.1) is 3.57 Å². The number of anilines is 2. The highest BCUT2D eigenvalue weighted by Gasteiger charge is 2.06. The van der Waals surface area contributed by atoms with E-state index in [0.29, 0.717) is 11.3 Å². The maximum Gasteiger partial charge on any atom is 0.255 e. The van der Waals surface area contributed by atoms with Crippen LogP contribution in [-0.2, 0) is 0 Å². The third-order valence-electron chi connectivity index (χ3n) is 2.35. The Hall–Kier alpha value is -1.08. The smallest absolute Gasteiger partial charge is 0.255 e. The molecule has 92 valence electrons. The molecule has 2 rings (SSSR count). The van der Waals surface area contributed by atoms with Crippen molar-refractivity contribution in [3.63, 3.8) is 0 Å². The van der Waals surface area contributed by atoms with E-state index < -0.39 is 0 Å². The van der Waals surface area contributed by atoms with Gasteiger partial charge in [0.25, 0.3) is 5.91 Å². The van der Waals surface area contributed by atoms with Crippen LogP contribution in [0.2, 0.25) is 0 Å². The van der Waals surface area contributed by atoms with E-state index in [1.165, 1.54) is 0 Å². The zero-order chi connectivity index (χ0) is 13.1. The third-order valence-corrected chi connectivity index (χ3v) is 4.69. The van der Waals surface area contributed by atoms with E-state index in [4.69, 9.17) is 5.73 Å². The molecule has 0 bridgehead atoms. The normalized spacial score (nSPS) is 10.1. The number of hydrogen-bond donors (Lipinski definition) is 2. The molecule has 0 spiro atoms. The predicted octanol–water partition coefficient (Wildman–Crippen LogP) is 3.89. The topological polar surface area (TPSA) is 55.1 Å². The van der Waals surface area contributed by atoms with Crippen LogP contribution in [0.25, 0.3) is 0 Å². The van der Waals surface area contributed by atoms with Crippen molar-refractivity contribution in [2.45, 2.75) is 0 Å². The fourth-order valence-electron chi connectivity index (χ4n) is 1.41. The lowest BCUT2D eigenvalue weighted by molar-refractivity contribution is 0.102. The van der Waals surface area contributed by atoms with Gasteiger partial charge in [0.05, 0.1) is 0 Å². The summed E-state index contributed by atoms with van der Waals surface area (Å²) < 4.78 is 2.05. The first-order valence-electron chi connectivity index (χ1n) is 5.18. The predicted molar refractivity (Wildman–Crippen MR) is 85.7 cm³/mol. The maximum absolute atomic E-state index is 12.0. The van der Waals surface area contributed by atoms with Crippen LogP contribution in [0.3, 0.4) is 0 Å². The summed E-state index contributed by atoms with van der Waals surface area (Å²) in [6.45, 7) is 0. The second kappa shape index (κ2) is 5.71. The van der Waals surface area contributed by atoms with Gasteiger partial charge in [-0.15, -0.1) is 0 Å². The summed E-state index contributed by atoms with van der Waals surface area (Å²) in [7, 11) is 0. The van der Waals surface area contributed by atoms with Crippen molar-refractivity contribution in [2.75, 3.05) is 11.1 Å². The second-order valence-electron chi connectivity index (χ2n) is 3.71. The molecule has 0 aliphatic carbocycles. The average Bonchev–Trinajstić information content (AvgIpc) is 2.34. The molecule has 3 nitrogen and oxygen atoms in total. The zero-order valence-corrected chi connectivity index (χ0v) is 13.0. The van der Waals surface area contributed by atoms with E-state index in [-0.39, 0.29) is 5.91 Å². The molecule has 2 aromatic carbocycles. The molecule has 0 aromatic heterocycles. The largest absolute Gasteiger partial charge is 0.399 e. The molecule has 3 N–H and O–H groups in total. The number of rotatable bonds is 2. The fraction of sp³-hybridized carbons (Fsp3) is 0. The van der Waals surface area contributed by atoms with Crippen molar-refractivity contribution < 1.29 is 4.79 Å².